The van der Waals surface area contributed by atoms with Crippen LogP contribution >= 0.6 is 0 Å². The smallest absolute Gasteiger partial charge is 0.229 e. The van der Waals surface area contributed by atoms with Crippen LogP contribution in [0.1, 0.15) is 13.3 Å². The van der Waals surface area contributed by atoms with E-state index < -0.39 is 0 Å². The number of anilines is 3. The Morgan fingerprint density at radius 3 is 2.41 bits per heavy atom. The lowest BCUT2D eigenvalue weighted by atomic mass is 10.1. The van der Waals surface area contributed by atoms with Crippen LogP contribution in [0.2, 0.25) is 0 Å². The normalized spacial score (nSPS) is 16.3. The Morgan fingerprint density at radius 2 is 1.81 bits per heavy atom. The molecule has 0 aromatic heterocycles. The molecular weight excluding hydrogens is 342 g/mol. The number of ether oxygens (including phenoxy) is 1. The molecule has 1 heterocycles. The molecule has 2 amide bonds. The Labute approximate surface area is 159 Å². The average molecular weight is 367 g/mol. The molecule has 1 fully saturated rings. The molecule has 142 valence electrons. The molecule has 1 aliphatic heterocycles. The Bertz CT molecular complexity index is 800. The van der Waals surface area contributed by atoms with Crippen LogP contribution in [0.25, 0.3) is 0 Å². The molecule has 0 bridgehead atoms. The first-order valence-corrected chi connectivity index (χ1v) is 9.09. The summed E-state index contributed by atoms with van der Waals surface area (Å²) in [6, 6.07) is 15.0. The maximum absolute atomic E-state index is 12.6. The molecule has 1 saturated heterocycles. The van der Waals surface area contributed by atoms with Gasteiger partial charge in [0, 0.05) is 44.1 Å². The van der Waals surface area contributed by atoms with Crippen molar-refractivity contribution in [2.24, 2.45) is 5.92 Å². The SMILES string of the molecule is CCOc1ccc(N2C[C@H](C(=O)Nc3ccc(N(C)C)cc3)CC2=O)cc1. The van der Waals surface area contributed by atoms with Gasteiger partial charge in [-0.1, -0.05) is 0 Å². The summed E-state index contributed by atoms with van der Waals surface area (Å²) in [6.07, 6.45) is 0.217. The summed E-state index contributed by atoms with van der Waals surface area (Å²) in [5.74, 6) is 0.234. The highest BCUT2D eigenvalue weighted by atomic mass is 16.5. The third kappa shape index (κ3) is 4.39. The van der Waals surface area contributed by atoms with Gasteiger partial charge in [-0.15, -0.1) is 0 Å². The molecule has 0 saturated carbocycles. The van der Waals surface area contributed by atoms with E-state index in [9.17, 15) is 9.59 Å². The summed E-state index contributed by atoms with van der Waals surface area (Å²) in [4.78, 5) is 28.6. The largest absolute Gasteiger partial charge is 0.494 e. The molecule has 2 aromatic rings. The number of nitrogens with one attached hydrogen (secondary N) is 1. The highest BCUT2D eigenvalue weighted by molar-refractivity contribution is 6.03. The molecule has 1 aliphatic rings. The Balaban J connectivity index is 1.63. The molecule has 0 radical (unpaired) electrons. The van der Waals surface area contributed by atoms with Crippen molar-refractivity contribution < 1.29 is 14.3 Å². The fourth-order valence-electron chi connectivity index (χ4n) is 3.11. The fourth-order valence-corrected chi connectivity index (χ4v) is 3.11. The number of rotatable bonds is 6. The molecule has 1 atom stereocenters. The molecule has 6 nitrogen and oxygen atoms in total. The van der Waals surface area contributed by atoms with Gasteiger partial charge >= 0.3 is 0 Å². The molecule has 3 rings (SSSR count). The van der Waals surface area contributed by atoms with Crippen molar-refractivity contribution in [3.05, 3.63) is 48.5 Å². The van der Waals surface area contributed by atoms with Crippen molar-refractivity contribution >= 4 is 28.9 Å². The van der Waals surface area contributed by atoms with Gasteiger partial charge in [-0.3, -0.25) is 9.59 Å². The van der Waals surface area contributed by atoms with Crippen LogP contribution in [-0.2, 0) is 9.59 Å². The van der Waals surface area contributed by atoms with Gasteiger partial charge in [0.15, 0.2) is 0 Å². The van der Waals surface area contributed by atoms with Crippen molar-refractivity contribution in [2.75, 3.05) is 42.4 Å². The summed E-state index contributed by atoms with van der Waals surface area (Å²) in [6.45, 7) is 2.91. The zero-order chi connectivity index (χ0) is 19.4. The van der Waals surface area contributed by atoms with E-state index in [0.717, 1.165) is 22.8 Å². The van der Waals surface area contributed by atoms with Gasteiger partial charge in [0.05, 0.1) is 12.5 Å². The van der Waals surface area contributed by atoms with Crippen molar-refractivity contribution in [1.82, 2.24) is 0 Å². The van der Waals surface area contributed by atoms with E-state index in [0.29, 0.717) is 13.2 Å². The first-order chi connectivity index (χ1) is 13.0. The van der Waals surface area contributed by atoms with Crippen LogP contribution in [0.5, 0.6) is 5.75 Å². The third-order valence-corrected chi connectivity index (χ3v) is 4.61. The minimum Gasteiger partial charge on any atom is -0.494 e. The van der Waals surface area contributed by atoms with Crippen molar-refractivity contribution in [2.45, 2.75) is 13.3 Å². The molecule has 2 aromatic carbocycles. The maximum atomic E-state index is 12.6. The monoisotopic (exact) mass is 367 g/mol. The lowest BCUT2D eigenvalue weighted by Gasteiger charge is -2.17. The van der Waals surface area contributed by atoms with E-state index >= 15 is 0 Å². The highest BCUT2D eigenvalue weighted by Gasteiger charge is 2.35. The van der Waals surface area contributed by atoms with Crippen molar-refractivity contribution in [1.29, 1.82) is 0 Å². The zero-order valence-electron chi connectivity index (χ0n) is 15.9. The van der Waals surface area contributed by atoms with Gasteiger partial charge in [-0.2, -0.15) is 0 Å². The number of benzene rings is 2. The summed E-state index contributed by atoms with van der Waals surface area (Å²) in [5, 5.41) is 2.91. The average Bonchev–Trinajstić information content (AvgIpc) is 3.05. The van der Waals surface area contributed by atoms with Crippen LogP contribution in [0.3, 0.4) is 0 Å². The molecule has 27 heavy (non-hydrogen) atoms. The first kappa shape index (κ1) is 18.8. The predicted molar refractivity (Wildman–Crippen MR) is 107 cm³/mol. The molecule has 6 heteroatoms. The summed E-state index contributed by atoms with van der Waals surface area (Å²) >= 11 is 0. The first-order valence-electron chi connectivity index (χ1n) is 9.09. The number of hydrogen-bond donors (Lipinski definition) is 1. The van der Waals surface area contributed by atoms with Gasteiger partial charge in [0.25, 0.3) is 0 Å². The number of hydrogen-bond acceptors (Lipinski definition) is 4. The van der Waals surface area contributed by atoms with E-state index in [-0.39, 0.29) is 24.2 Å². The second kappa shape index (κ2) is 8.12. The molecule has 1 N–H and O–H groups in total. The third-order valence-electron chi connectivity index (χ3n) is 4.61. The van der Waals surface area contributed by atoms with E-state index in [1.54, 1.807) is 4.90 Å². The number of carbonyl (C=O) groups is 2. The maximum Gasteiger partial charge on any atom is 0.229 e. The van der Waals surface area contributed by atoms with E-state index in [1.165, 1.54) is 0 Å². The van der Waals surface area contributed by atoms with Gasteiger partial charge in [0.2, 0.25) is 11.8 Å². The number of carbonyl (C=O) groups excluding carboxylic acids is 2. The quantitative estimate of drug-likeness (QED) is 0.852. The van der Waals surface area contributed by atoms with Gasteiger partial charge < -0.3 is 19.9 Å². The van der Waals surface area contributed by atoms with E-state index in [2.05, 4.69) is 5.32 Å². The molecule has 0 spiro atoms. The second-order valence-corrected chi connectivity index (χ2v) is 6.76. The number of amides is 2. The zero-order valence-corrected chi connectivity index (χ0v) is 15.9. The highest BCUT2D eigenvalue weighted by Crippen LogP contribution is 2.28. The van der Waals surface area contributed by atoms with Crippen LogP contribution in [-0.4, -0.2) is 39.1 Å². The number of nitrogens with zero attached hydrogens (tertiary/aromatic N) is 2. The lowest BCUT2D eigenvalue weighted by molar-refractivity contribution is -0.122. The lowest BCUT2D eigenvalue weighted by Crippen LogP contribution is -2.28. The van der Waals surface area contributed by atoms with Gasteiger partial charge in [-0.25, -0.2) is 0 Å². The summed E-state index contributed by atoms with van der Waals surface area (Å²) < 4.78 is 5.43. The Hall–Kier alpha value is -3.02. The predicted octanol–water partition coefficient (Wildman–Crippen LogP) is 3.14. The van der Waals surface area contributed by atoms with E-state index in [1.807, 2.05) is 74.4 Å². The standard InChI is InChI=1S/C21H25N3O3/c1-4-27-19-11-9-18(10-12-19)24-14-15(13-20(24)25)21(26)22-16-5-7-17(8-6-16)23(2)3/h5-12,15H,4,13-14H2,1-3H3,(H,22,26)/t15-/m1/s1. The van der Waals surface area contributed by atoms with Crippen LogP contribution < -0.4 is 19.9 Å². The van der Waals surface area contributed by atoms with Crippen LogP contribution in [0.15, 0.2) is 48.5 Å². The van der Waals surface area contributed by atoms with Crippen LogP contribution in [0, 0.1) is 5.92 Å². The molecule has 0 aliphatic carbocycles. The summed E-state index contributed by atoms with van der Waals surface area (Å²) in [5.41, 5.74) is 2.58. The molecule has 0 unspecified atom stereocenters. The summed E-state index contributed by atoms with van der Waals surface area (Å²) in [7, 11) is 3.93. The Kier molecular flexibility index (Phi) is 5.64. The Morgan fingerprint density at radius 1 is 1.15 bits per heavy atom. The topological polar surface area (TPSA) is 61.9 Å². The fraction of sp³-hybridized carbons (Fsp3) is 0.333. The minimum absolute atomic E-state index is 0.0396. The van der Waals surface area contributed by atoms with Gasteiger partial charge in [0.1, 0.15) is 5.75 Å². The van der Waals surface area contributed by atoms with Crippen LogP contribution in [0.4, 0.5) is 17.1 Å². The van der Waals surface area contributed by atoms with E-state index in [4.69, 9.17) is 4.74 Å². The second-order valence-electron chi connectivity index (χ2n) is 6.76. The minimum atomic E-state index is -0.363. The van der Waals surface area contributed by atoms with Gasteiger partial charge in [-0.05, 0) is 55.5 Å². The molecular formula is C21H25N3O3. The van der Waals surface area contributed by atoms with Crippen molar-refractivity contribution in [3.63, 3.8) is 0 Å². The van der Waals surface area contributed by atoms with Crippen molar-refractivity contribution in [3.8, 4) is 5.75 Å².